The van der Waals surface area contributed by atoms with Crippen LogP contribution in [0.4, 0.5) is 5.95 Å². The number of hydrogen-bond acceptors (Lipinski definition) is 7. The van der Waals surface area contributed by atoms with E-state index in [0.29, 0.717) is 32.1 Å². The molecule has 1 atom stereocenters. The number of carbonyl (C=O) groups excluding carboxylic acids is 3. The third-order valence-electron chi connectivity index (χ3n) is 4.19. The minimum Gasteiger partial charge on any atom is -0.454 e. The van der Waals surface area contributed by atoms with Gasteiger partial charge in [0.25, 0.3) is 5.91 Å². The molecule has 0 saturated carbocycles. The molecule has 0 radical (unpaired) electrons. The predicted octanol–water partition coefficient (Wildman–Crippen LogP) is 0.219. The van der Waals surface area contributed by atoms with Crippen molar-refractivity contribution in [3.8, 4) is 0 Å². The van der Waals surface area contributed by atoms with Gasteiger partial charge in [0, 0.05) is 44.0 Å². The lowest BCUT2D eigenvalue weighted by atomic mass is 9.95. The van der Waals surface area contributed by atoms with Crippen LogP contribution in [0.2, 0.25) is 0 Å². The Bertz CT molecular complexity index is 666. The van der Waals surface area contributed by atoms with Crippen molar-refractivity contribution in [3.63, 3.8) is 0 Å². The molecule has 1 aliphatic rings. The van der Waals surface area contributed by atoms with E-state index in [2.05, 4.69) is 15.3 Å². The van der Waals surface area contributed by atoms with Crippen LogP contribution in [0.25, 0.3) is 0 Å². The van der Waals surface area contributed by atoms with Gasteiger partial charge >= 0.3 is 5.97 Å². The molecule has 0 spiro atoms. The second kappa shape index (κ2) is 8.79. The lowest BCUT2D eigenvalue weighted by molar-refractivity contribution is -0.154. The molecule has 1 aromatic heterocycles. The first-order valence-corrected chi connectivity index (χ1v) is 8.96. The number of amides is 2. The summed E-state index contributed by atoms with van der Waals surface area (Å²) in [7, 11) is 0. The molecule has 2 amide bonds. The Morgan fingerprint density at radius 3 is 2.30 bits per heavy atom. The van der Waals surface area contributed by atoms with Crippen LogP contribution < -0.4 is 10.2 Å². The number of anilines is 1. The van der Waals surface area contributed by atoms with Gasteiger partial charge in [-0.2, -0.15) is 0 Å². The summed E-state index contributed by atoms with van der Waals surface area (Å²) in [5, 5.41) is 2.59. The first-order valence-electron chi connectivity index (χ1n) is 8.96. The van der Waals surface area contributed by atoms with E-state index < -0.39 is 17.4 Å². The first-order chi connectivity index (χ1) is 12.7. The maximum Gasteiger partial charge on any atom is 0.328 e. The van der Waals surface area contributed by atoms with Gasteiger partial charge in [-0.25, -0.2) is 14.8 Å². The van der Waals surface area contributed by atoms with E-state index in [9.17, 15) is 14.4 Å². The van der Waals surface area contributed by atoms with E-state index >= 15 is 0 Å². The number of hydrogen-bond donors (Lipinski definition) is 1. The third-order valence-corrected chi connectivity index (χ3v) is 4.19. The van der Waals surface area contributed by atoms with E-state index in [4.69, 9.17) is 4.74 Å². The van der Waals surface area contributed by atoms with Gasteiger partial charge in [-0.3, -0.25) is 9.59 Å². The Hall–Kier alpha value is -2.71. The van der Waals surface area contributed by atoms with E-state index in [1.165, 1.54) is 6.92 Å². The van der Waals surface area contributed by atoms with Crippen molar-refractivity contribution in [2.45, 2.75) is 33.7 Å². The van der Waals surface area contributed by atoms with Gasteiger partial charge in [-0.15, -0.1) is 0 Å². The minimum absolute atomic E-state index is 0.252. The number of aromatic nitrogens is 2. The van der Waals surface area contributed by atoms with Crippen LogP contribution in [0.1, 0.15) is 27.7 Å². The molecule has 1 saturated heterocycles. The highest BCUT2D eigenvalue weighted by Crippen LogP contribution is 2.13. The monoisotopic (exact) mass is 377 g/mol. The lowest BCUT2D eigenvalue weighted by Gasteiger charge is -2.34. The largest absolute Gasteiger partial charge is 0.454 e. The topological polar surface area (TPSA) is 105 Å². The molecule has 0 aliphatic carbocycles. The van der Waals surface area contributed by atoms with Gasteiger partial charge in [0.15, 0.2) is 6.61 Å². The van der Waals surface area contributed by atoms with Crippen molar-refractivity contribution in [3.05, 3.63) is 18.5 Å². The highest BCUT2D eigenvalue weighted by Gasteiger charge is 2.27. The quantitative estimate of drug-likeness (QED) is 0.732. The number of esters is 1. The fourth-order valence-electron chi connectivity index (χ4n) is 2.43. The minimum atomic E-state index is -0.809. The fraction of sp³-hybridized carbons (Fsp3) is 0.611. The summed E-state index contributed by atoms with van der Waals surface area (Å²) < 4.78 is 5.06. The second-order valence-electron chi connectivity index (χ2n) is 7.47. The molecule has 148 valence electrons. The van der Waals surface area contributed by atoms with Crippen LogP contribution in [-0.4, -0.2) is 71.5 Å². The number of nitrogens with one attached hydrogen (secondary N) is 1. The summed E-state index contributed by atoms with van der Waals surface area (Å²) in [4.78, 5) is 48.2. The molecule has 9 nitrogen and oxygen atoms in total. The van der Waals surface area contributed by atoms with Crippen LogP contribution in [0, 0.1) is 5.41 Å². The van der Waals surface area contributed by atoms with Crippen molar-refractivity contribution in [1.82, 2.24) is 20.2 Å². The second-order valence-corrected chi connectivity index (χ2v) is 7.47. The molecule has 27 heavy (non-hydrogen) atoms. The average Bonchev–Trinajstić information content (AvgIpc) is 2.65. The van der Waals surface area contributed by atoms with Gasteiger partial charge in [0.1, 0.15) is 6.04 Å². The molecular weight excluding hydrogens is 350 g/mol. The summed E-state index contributed by atoms with van der Waals surface area (Å²) in [6.45, 7) is 8.70. The van der Waals surface area contributed by atoms with Crippen molar-refractivity contribution < 1.29 is 19.1 Å². The van der Waals surface area contributed by atoms with Gasteiger partial charge in [0.05, 0.1) is 0 Å². The first kappa shape index (κ1) is 20.6. The van der Waals surface area contributed by atoms with Crippen molar-refractivity contribution >= 4 is 23.7 Å². The molecular formula is C18H27N5O4. The molecule has 1 aliphatic heterocycles. The molecule has 1 aromatic rings. The lowest BCUT2D eigenvalue weighted by Crippen LogP contribution is -2.51. The zero-order chi connectivity index (χ0) is 20.0. The number of ether oxygens (including phenoxy) is 1. The van der Waals surface area contributed by atoms with Gasteiger partial charge in [-0.05, 0) is 13.0 Å². The summed E-state index contributed by atoms with van der Waals surface area (Å²) in [6, 6.07) is 0.944. The molecule has 1 fully saturated rings. The van der Waals surface area contributed by atoms with E-state index in [-0.39, 0.29) is 18.4 Å². The van der Waals surface area contributed by atoms with Crippen molar-refractivity contribution in [2.75, 3.05) is 37.7 Å². The molecule has 9 heteroatoms. The highest BCUT2D eigenvalue weighted by atomic mass is 16.5. The smallest absolute Gasteiger partial charge is 0.328 e. The maximum atomic E-state index is 12.3. The van der Waals surface area contributed by atoms with Gasteiger partial charge in [-0.1, -0.05) is 20.8 Å². The Kier molecular flexibility index (Phi) is 6.70. The summed E-state index contributed by atoms with van der Waals surface area (Å²) in [5.74, 6) is -0.499. The summed E-state index contributed by atoms with van der Waals surface area (Å²) in [5.41, 5.74) is -0.605. The third kappa shape index (κ3) is 5.90. The summed E-state index contributed by atoms with van der Waals surface area (Å²) >= 11 is 0. The average molecular weight is 377 g/mol. The number of nitrogens with zero attached hydrogens (tertiary/aromatic N) is 4. The highest BCUT2D eigenvalue weighted by molar-refractivity contribution is 5.88. The van der Waals surface area contributed by atoms with Crippen LogP contribution >= 0.6 is 0 Å². The van der Waals surface area contributed by atoms with E-state index in [0.717, 1.165) is 0 Å². The van der Waals surface area contributed by atoms with Crippen LogP contribution in [-0.2, 0) is 19.1 Å². The Balaban J connectivity index is 1.74. The molecule has 1 N–H and O–H groups in total. The standard InChI is InChI=1S/C18H27N5O4/c1-13(21-16(26)18(2,3)4)15(25)27-12-14(24)22-8-10-23(11-9-22)17-19-6-5-7-20-17/h5-7,13H,8-12H2,1-4H3,(H,21,26). The fourth-order valence-corrected chi connectivity index (χ4v) is 2.43. The number of carbonyl (C=O) groups is 3. The van der Waals surface area contributed by atoms with Crippen LogP contribution in [0.15, 0.2) is 18.5 Å². The normalized spacial score (nSPS) is 15.9. The number of rotatable bonds is 5. The molecule has 2 heterocycles. The van der Waals surface area contributed by atoms with Gasteiger partial charge < -0.3 is 19.9 Å². The summed E-state index contributed by atoms with van der Waals surface area (Å²) in [6.07, 6.45) is 3.36. The van der Waals surface area contributed by atoms with Gasteiger partial charge in [0.2, 0.25) is 11.9 Å². The molecule has 2 rings (SSSR count). The maximum absolute atomic E-state index is 12.3. The van der Waals surface area contributed by atoms with E-state index in [1.807, 2.05) is 4.90 Å². The predicted molar refractivity (Wildman–Crippen MR) is 98.8 cm³/mol. The Morgan fingerprint density at radius 1 is 1.15 bits per heavy atom. The zero-order valence-corrected chi connectivity index (χ0v) is 16.3. The van der Waals surface area contributed by atoms with Crippen LogP contribution in [0.5, 0.6) is 0 Å². The SMILES string of the molecule is CC(NC(=O)C(C)(C)C)C(=O)OCC(=O)N1CCN(c2ncccn2)CC1. The zero-order valence-electron chi connectivity index (χ0n) is 16.3. The van der Waals surface area contributed by atoms with Crippen molar-refractivity contribution in [2.24, 2.45) is 5.41 Å². The van der Waals surface area contributed by atoms with E-state index in [1.54, 1.807) is 44.1 Å². The Morgan fingerprint density at radius 2 is 1.74 bits per heavy atom. The molecule has 0 bridgehead atoms. The Labute approximate surface area is 159 Å². The molecule has 1 unspecified atom stereocenters. The van der Waals surface area contributed by atoms with Crippen LogP contribution in [0.3, 0.4) is 0 Å². The molecule has 0 aromatic carbocycles. The van der Waals surface area contributed by atoms with Crippen molar-refractivity contribution in [1.29, 1.82) is 0 Å². The number of piperazine rings is 1.